The Hall–Kier alpha value is -2.77. The standard InChI is InChI=1S/C15H12F3N3O2/c16-15(17,18)23-11-3-1-10(2-4-11)5-7-19-14-13-12(6-8-22-13)20-9-21-14/h1-4,6,8-9H,5,7H2,(H,19,20,21). The van der Waals surface area contributed by atoms with E-state index < -0.39 is 6.36 Å². The van der Waals surface area contributed by atoms with E-state index in [9.17, 15) is 13.2 Å². The maximum atomic E-state index is 12.1. The summed E-state index contributed by atoms with van der Waals surface area (Å²) in [6.07, 6.45) is -1.10. The fourth-order valence-electron chi connectivity index (χ4n) is 2.10. The molecule has 1 N–H and O–H groups in total. The van der Waals surface area contributed by atoms with Gasteiger partial charge in [0.15, 0.2) is 11.4 Å². The number of hydrogen-bond acceptors (Lipinski definition) is 5. The minimum Gasteiger partial charge on any atom is -0.459 e. The van der Waals surface area contributed by atoms with Gasteiger partial charge in [-0.25, -0.2) is 9.97 Å². The average Bonchev–Trinajstić information content (AvgIpc) is 2.97. The van der Waals surface area contributed by atoms with Crippen LogP contribution in [-0.4, -0.2) is 22.9 Å². The molecule has 0 spiro atoms. The molecule has 0 aliphatic rings. The molecule has 2 heterocycles. The highest BCUT2D eigenvalue weighted by Gasteiger charge is 2.30. The highest BCUT2D eigenvalue weighted by atomic mass is 19.4. The number of ether oxygens (including phenoxy) is 1. The molecule has 0 unspecified atom stereocenters. The SMILES string of the molecule is FC(F)(F)Oc1ccc(CCNc2ncnc3ccoc23)cc1. The molecule has 0 radical (unpaired) electrons. The van der Waals surface area contributed by atoms with Gasteiger partial charge in [-0.1, -0.05) is 12.1 Å². The van der Waals surface area contributed by atoms with Crippen LogP contribution in [0.25, 0.3) is 11.1 Å². The van der Waals surface area contributed by atoms with Crippen molar-refractivity contribution in [2.24, 2.45) is 0 Å². The van der Waals surface area contributed by atoms with Gasteiger partial charge in [0.1, 0.15) is 17.6 Å². The fourth-order valence-corrected chi connectivity index (χ4v) is 2.10. The van der Waals surface area contributed by atoms with Gasteiger partial charge >= 0.3 is 6.36 Å². The number of nitrogens with one attached hydrogen (secondary N) is 1. The number of furan rings is 1. The molecule has 0 saturated carbocycles. The molecule has 0 aliphatic carbocycles. The second-order valence-electron chi connectivity index (χ2n) is 4.73. The predicted octanol–water partition coefficient (Wildman–Crippen LogP) is 3.78. The average molecular weight is 323 g/mol. The number of rotatable bonds is 5. The summed E-state index contributed by atoms with van der Waals surface area (Å²) in [6.45, 7) is 0.548. The Labute approximate surface area is 129 Å². The minimum atomic E-state index is -4.68. The lowest BCUT2D eigenvalue weighted by atomic mass is 10.1. The van der Waals surface area contributed by atoms with E-state index in [1.54, 1.807) is 18.2 Å². The summed E-state index contributed by atoms with van der Waals surface area (Å²) >= 11 is 0. The Morgan fingerprint density at radius 2 is 1.87 bits per heavy atom. The molecular formula is C15H12F3N3O2. The van der Waals surface area contributed by atoms with Crippen LogP contribution < -0.4 is 10.1 Å². The molecule has 5 nitrogen and oxygen atoms in total. The Balaban J connectivity index is 1.57. The lowest BCUT2D eigenvalue weighted by Crippen LogP contribution is -2.17. The zero-order chi connectivity index (χ0) is 16.3. The first kappa shape index (κ1) is 15.1. The number of benzene rings is 1. The van der Waals surface area contributed by atoms with Crippen LogP contribution in [0.2, 0.25) is 0 Å². The maximum absolute atomic E-state index is 12.1. The largest absolute Gasteiger partial charge is 0.573 e. The monoisotopic (exact) mass is 323 g/mol. The predicted molar refractivity (Wildman–Crippen MR) is 77.1 cm³/mol. The van der Waals surface area contributed by atoms with Crippen LogP contribution in [-0.2, 0) is 6.42 Å². The van der Waals surface area contributed by atoms with Gasteiger partial charge in [-0.2, -0.15) is 0 Å². The van der Waals surface area contributed by atoms with Crippen molar-refractivity contribution >= 4 is 16.9 Å². The number of nitrogens with zero attached hydrogens (tertiary/aromatic N) is 2. The van der Waals surface area contributed by atoms with Gasteiger partial charge in [-0.3, -0.25) is 0 Å². The third-order valence-electron chi connectivity index (χ3n) is 3.11. The lowest BCUT2D eigenvalue weighted by Gasteiger charge is -2.09. The quantitative estimate of drug-likeness (QED) is 0.774. The Morgan fingerprint density at radius 3 is 2.61 bits per heavy atom. The molecule has 8 heteroatoms. The van der Waals surface area contributed by atoms with Gasteiger partial charge in [0.25, 0.3) is 0 Å². The summed E-state index contributed by atoms with van der Waals surface area (Å²) in [5.41, 5.74) is 2.15. The summed E-state index contributed by atoms with van der Waals surface area (Å²) in [5.74, 6) is 0.347. The summed E-state index contributed by atoms with van der Waals surface area (Å²) < 4.78 is 45.4. The third kappa shape index (κ3) is 3.91. The van der Waals surface area contributed by atoms with Crippen LogP contribution in [0.3, 0.4) is 0 Å². The van der Waals surface area contributed by atoms with Crippen molar-refractivity contribution < 1.29 is 22.3 Å². The van der Waals surface area contributed by atoms with Crippen LogP contribution in [0.15, 0.2) is 47.3 Å². The van der Waals surface area contributed by atoms with Gasteiger partial charge in [-0.15, -0.1) is 13.2 Å². The number of halogens is 3. The van der Waals surface area contributed by atoms with Crippen LogP contribution >= 0.6 is 0 Å². The van der Waals surface area contributed by atoms with Crippen molar-refractivity contribution in [1.82, 2.24) is 9.97 Å². The van der Waals surface area contributed by atoms with Crippen LogP contribution in [0.4, 0.5) is 19.0 Å². The van der Waals surface area contributed by atoms with Gasteiger partial charge in [0.2, 0.25) is 0 Å². The van der Waals surface area contributed by atoms with E-state index in [4.69, 9.17) is 4.42 Å². The van der Waals surface area contributed by atoms with Gasteiger partial charge < -0.3 is 14.5 Å². The van der Waals surface area contributed by atoms with Crippen molar-refractivity contribution in [1.29, 1.82) is 0 Å². The number of fused-ring (bicyclic) bond motifs is 1. The van der Waals surface area contributed by atoms with E-state index in [1.165, 1.54) is 24.7 Å². The Kier molecular flexibility index (Phi) is 4.05. The Morgan fingerprint density at radius 1 is 1.09 bits per heavy atom. The van der Waals surface area contributed by atoms with E-state index in [1.807, 2.05) is 0 Å². The van der Waals surface area contributed by atoms with E-state index >= 15 is 0 Å². The molecule has 3 aromatic rings. The summed E-state index contributed by atoms with van der Waals surface area (Å²) in [7, 11) is 0. The van der Waals surface area contributed by atoms with Crippen molar-refractivity contribution in [2.45, 2.75) is 12.8 Å². The van der Waals surface area contributed by atoms with Gasteiger partial charge in [-0.05, 0) is 24.1 Å². The highest BCUT2D eigenvalue weighted by Crippen LogP contribution is 2.23. The molecule has 0 amide bonds. The van der Waals surface area contributed by atoms with Crippen molar-refractivity contribution in [2.75, 3.05) is 11.9 Å². The minimum absolute atomic E-state index is 0.234. The molecule has 23 heavy (non-hydrogen) atoms. The first-order valence-electron chi connectivity index (χ1n) is 6.78. The number of hydrogen-bond donors (Lipinski definition) is 1. The first-order valence-corrected chi connectivity index (χ1v) is 6.78. The van der Waals surface area contributed by atoms with Crippen LogP contribution in [0, 0.1) is 0 Å². The second-order valence-corrected chi connectivity index (χ2v) is 4.73. The third-order valence-corrected chi connectivity index (χ3v) is 3.11. The van der Waals surface area contributed by atoms with Crippen LogP contribution in [0.5, 0.6) is 5.75 Å². The second kappa shape index (κ2) is 6.15. The van der Waals surface area contributed by atoms with E-state index in [-0.39, 0.29) is 5.75 Å². The van der Waals surface area contributed by atoms with Gasteiger partial charge in [0, 0.05) is 12.6 Å². The smallest absolute Gasteiger partial charge is 0.459 e. The normalized spacial score (nSPS) is 11.6. The van der Waals surface area contributed by atoms with Crippen molar-refractivity contribution in [3.8, 4) is 5.75 Å². The number of alkyl halides is 3. The summed E-state index contributed by atoms with van der Waals surface area (Å²) in [6, 6.07) is 7.49. The summed E-state index contributed by atoms with van der Waals surface area (Å²) in [5, 5.41) is 3.12. The molecule has 1 aromatic carbocycles. The van der Waals surface area contributed by atoms with Gasteiger partial charge in [0.05, 0.1) is 6.26 Å². The van der Waals surface area contributed by atoms with E-state index in [0.717, 1.165) is 5.56 Å². The molecule has 0 aliphatic heterocycles. The zero-order valence-corrected chi connectivity index (χ0v) is 11.8. The summed E-state index contributed by atoms with van der Waals surface area (Å²) in [4.78, 5) is 8.16. The molecule has 3 rings (SSSR count). The molecule has 0 saturated heterocycles. The lowest BCUT2D eigenvalue weighted by molar-refractivity contribution is -0.274. The Bertz CT molecular complexity index is 785. The first-order chi connectivity index (χ1) is 11.0. The molecule has 120 valence electrons. The molecular weight excluding hydrogens is 311 g/mol. The topological polar surface area (TPSA) is 60.2 Å². The molecule has 0 atom stereocenters. The van der Waals surface area contributed by atoms with Crippen molar-refractivity contribution in [3.63, 3.8) is 0 Å². The molecule has 0 bridgehead atoms. The maximum Gasteiger partial charge on any atom is 0.573 e. The zero-order valence-electron chi connectivity index (χ0n) is 11.8. The number of aromatic nitrogens is 2. The highest BCUT2D eigenvalue weighted by molar-refractivity contribution is 5.82. The fraction of sp³-hybridized carbons (Fsp3) is 0.200. The van der Waals surface area contributed by atoms with E-state index in [2.05, 4.69) is 20.0 Å². The molecule has 0 fully saturated rings. The number of anilines is 1. The van der Waals surface area contributed by atoms with Crippen molar-refractivity contribution in [3.05, 3.63) is 48.5 Å². The van der Waals surface area contributed by atoms with E-state index in [0.29, 0.717) is 29.9 Å². The van der Waals surface area contributed by atoms with Crippen LogP contribution in [0.1, 0.15) is 5.56 Å². The molecule has 2 aromatic heterocycles.